The van der Waals surface area contributed by atoms with Crippen LogP contribution in [-0.2, 0) is 16.1 Å². The molecule has 1 heterocycles. The Hall–Kier alpha value is -2.28. The number of carbonyl (C=O) groups is 2. The molecule has 2 atom stereocenters. The second-order valence-electron chi connectivity index (χ2n) is 7.57. The number of piperidine rings is 1. The number of hydrogen-bond donors (Lipinski definition) is 2. The highest BCUT2D eigenvalue weighted by Gasteiger charge is 2.33. The number of alkyl carbamates (subject to hydrolysis) is 1. The van der Waals surface area contributed by atoms with E-state index in [2.05, 4.69) is 5.32 Å². The molecule has 0 spiro atoms. The SMILES string of the molecule is CC(C)(C)OC(=O)N1C[C@@H](CO)C[C@@H](NC(=O)OCc2ccccc2)C1. The molecular weight excluding hydrogens is 336 g/mol. The third-order valence-electron chi connectivity index (χ3n) is 3.98. The molecule has 0 saturated carbocycles. The number of nitrogens with one attached hydrogen (secondary N) is 1. The molecule has 0 aliphatic carbocycles. The highest BCUT2D eigenvalue weighted by molar-refractivity contribution is 5.69. The summed E-state index contributed by atoms with van der Waals surface area (Å²) in [5.74, 6) is -0.115. The molecule has 1 aromatic rings. The standard InChI is InChI=1S/C19H28N2O5/c1-19(2,3)26-18(24)21-10-15(12-22)9-16(11-21)20-17(23)25-13-14-7-5-4-6-8-14/h4-8,15-16,22H,9-13H2,1-3H3,(H,20,23)/t15-,16+/m0/s1. The van der Waals surface area contributed by atoms with Gasteiger partial charge in [0.05, 0.1) is 6.04 Å². The zero-order valence-corrected chi connectivity index (χ0v) is 15.6. The van der Waals surface area contributed by atoms with E-state index in [9.17, 15) is 14.7 Å². The van der Waals surface area contributed by atoms with E-state index in [1.807, 2.05) is 30.3 Å². The number of nitrogens with zero attached hydrogens (tertiary/aromatic N) is 1. The maximum Gasteiger partial charge on any atom is 0.410 e. The summed E-state index contributed by atoms with van der Waals surface area (Å²) in [7, 11) is 0. The number of aliphatic hydroxyl groups excluding tert-OH is 1. The van der Waals surface area contributed by atoms with E-state index in [4.69, 9.17) is 9.47 Å². The third-order valence-corrected chi connectivity index (χ3v) is 3.98. The van der Waals surface area contributed by atoms with Crippen molar-refractivity contribution in [2.75, 3.05) is 19.7 Å². The van der Waals surface area contributed by atoms with Crippen LogP contribution < -0.4 is 5.32 Å². The summed E-state index contributed by atoms with van der Waals surface area (Å²) in [5, 5.41) is 12.3. The summed E-state index contributed by atoms with van der Waals surface area (Å²) < 4.78 is 10.6. The van der Waals surface area contributed by atoms with Crippen LogP contribution >= 0.6 is 0 Å². The van der Waals surface area contributed by atoms with Crippen LogP contribution in [0.25, 0.3) is 0 Å². The Kier molecular flexibility index (Phi) is 6.85. The smallest absolute Gasteiger partial charge is 0.410 e. The van der Waals surface area contributed by atoms with Crippen molar-refractivity contribution in [3.8, 4) is 0 Å². The Morgan fingerprint density at radius 2 is 1.92 bits per heavy atom. The molecule has 7 nitrogen and oxygen atoms in total. The fourth-order valence-corrected chi connectivity index (χ4v) is 2.85. The van der Waals surface area contributed by atoms with Crippen LogP contribution in [0.2, 0.25) is 0 Å². The van der Waals surface area contributed by atoms with Crippen molar-refractivity contribution in [2.45, 2.75) is 45.4 Å². The molecule has 1 saturated heterocycles. The lowest BCUT2D eigenvalue weighted by atomic mass is 9.95. The molecule has 26 heavy (non-hydrogen) atoms. The van der Waals surface area contributed by atoms with Crippen molar-refractivity contribution in [1.82, 2.24) is 10.2 Å². The fourth-order valence-electron chi connectivity index (χ4n) is 2.85. The third kappa shape index (κ3) is 6.55. The maximum atomic E-state index is 12.3. The quantitative estimate of drug-likeness (QED) is 0.857. The van der Waals surface area contributed by atoms with E-state index in [0.29, 0.717) is 19.5 Å². The molecule has 1 fully saturated rings. The number of ether oxygens (including phenoxy) is 2. The average Bonchev–Trinajstić information content (AvgIpc) is 2.59. The zero-order chi connectivity index (χ0) is 19.2. The predicted octanol–water partition coefficient (Wildman–Crippen LogP) is 2.53. The van der Waals surface area contributed by atoms with Crippen LogP contribution in [0.15, 0.2) is 30.3 Å². The monoisotopic (exact) mass is 364 g/mol. The van der Waals surface area contributed by atoms with Gasteiger partial charge in [0, 0.05) is 25.6 Å². The van der Waals surface area contributed by atoms with Gasteiger partial charge in [0.2, 0.25) is 0 Å². The summed E-state index contributed by atoms with van der Waals surface area (Å²) in [6, 6.07) is 9.10. The Balaban J connectivity index is 1.88. The van der Waals surface area contributed by atoms with E-state index in [1.54, 1.807) is 20.8 Å². The highest BCUT2D eigenvalue weighted by atomic mass is 16.6. The van der Waals surface area contributed by atoms with Gasteiger partial charge in [-0.25, -0.2) is 9.59 Å². The number of likely N-dealkylation sites (tertiary alicyclic amines) is 1. The van der Waals surface area contributed by atoms with Crippen LogP contribution in [0.5, 0.6) is 0 Å². The summed E-state index contributed by atoms with van der Waals surface area (Å²) in [6.07, 6.45) is -0.405. The molecule has 2 rings (SSSR count). The van der Waals surface area contributed by atoms with Crippen LogP contribution in [0, 0.1) is 5.92 Å². The van der Waals surface area contributed by atoms with Crippen molar-refractivity contribution in [3.05, 3.63) is 35.9 Å². The van der Waals surface area contributed by atoms with E-state index < -0.39 is 17.8 Å². The lowest BCUT2D eigenvalue weighted by molar-refractivity contribution is 0.00816. The highest BCUT2D eigenvalue weighted by Crippen LogP contribution is 2.19. The molecule has 0 unspecified atom stereocenters. The minimum absolute atomic E-state index is 0.0590. The maximum absolute atomic E-state index is 12.3. The minimum atomic E-state index is -0.596. The van der Waals surface area contributed by atoms with Gasteiger partial charge in [0.25, 0.3) is 0 Å². The zero-order valence-electron chi connectivity index (χ0n) is 15.6. The molecule has 1 aromatic carbocycles. The van der Waals surface area contributed by atoms with Crippen LogP contribution in [0.3, 0.4) is 0 Å². The first-order chi connectivity index (χ1) is 12.3. The number of hydrogen-bond acceptors (Lipinski definition) is 5. The Morgan fingerprint density at radius 3 is 2.54 bits per heavy atom. The second kappa shape index (κ2) is 8.89. The topological polar surface area (TPSA) is 88.1 Å². The predicted molar refractivity (Wildman–Crippen MR) is 96.6 cm³/mol. The van der Waals surface area contributed by atoms with Gasteiger partial charge in [-0.2, -0.15) is 0 Å². The van der Waals surface area contributed by atoms with E-state index in [-0.39, 0.29) is 25.2 Å². The molecule has 144 valence electrons. The average molecular weight is 364 g/mol. The van der Waals surface area contributed by atoms with Gasteiger partial charge in [0.1, 0.15) is 12.2 Å². The first-order valence-corrected chi connectivity index (χ1v) is 8.83. The van der Waals surface area contributed by atoms with Crippen molar-refractivity contribution >= 4 is 12.2 Å². The van der Waals surface area contributed by atoms with Crippen LogP contribution in [-0.4, -0.2) is 53.5 Å². The van der Waals surface area contributed by atoms with E-state index in [1.165, 1.54) is 4.90 Å². The van der Waals surface area contributed by atoms with Gasteiger partial charge >= 0.3 is 12.2 Å². The molecule has 1 aliphatic rings. The number of benzene rings is 1. The summed E-state index contributed by atoms with van der Waals surface area (Å²) in [4.78, 5) is 25.9. The Morgan fingerprint density at radius 1 is 1.23 bits per heavy atom. The van der Waals surface area contributed by atoms with E-state index >= 15 is 0 Å². The molecule has 7 heteroatoms. The number of rotatable bonds is 4. The van der Waals surface area contributed by atoms with Crippen molar-refractivity contribution in [2.24, 2.45) is 5.92 Å². The molecule has 0 bridgehead atoms. The lowest BCUT2D eigenvalue weighted by Crippen LogP contribution is -2.54. The summed E-state index contributed by atoms with van der Waals surface area (Å²) in [5.41, 5.74) is 0.302. The first-order valence-electron chi connectivity index (χ1n) is 8.83. The number of amides is 2. The van der Waals surface area contributed by atoms with Gasteiger partial charge in [-0.1, -0.05) is 30.3 Å². The van der Waals surface area contributed by atoms with Crippen LogP contribution in [0.1, 0.15) is 32.8 Å². The minimum Gasteiger partial charge on any atom is -0.445 e. The van der Waals surface area contributed by atoms with Gasteiger partial charge in [-0.3, -0.25) is 0 Å². The molecule has 0 radical (unpaired) electrons. The van der Waals surface area contributed by atoms with Gasteiger partial charge in [0.15, 0.2) is 0 Å². The largest absolute Gasteiger partial charge is 0.445 e. The second-order valence-corrected chi connectivity index (χ2v) is 7.57. The first kappa shape index (κ1) is 20.0. The Bertz CT molecular complexity index is 600. The number of aliphatic hydroxyl groups is 1. The Labute approximate surface area is 154 Å². The molecule has 1 aliphatic heterocycles. The molecule has 2 amide bonds. The van der Waals surface area contributed by atoms with Gasteiger partial charge in [-0.05, 0) is 32.8 Å². The van der Waals surface area contributed by atoms with Crippen molar-refractivity contribution in [1.29, 1.82) is 0 Å². The van der Waals surface area contributed by atoms with Crippen molar-refractivity contribution in [3.63, 3.8) is 0 Å². The van der Waals surface area contributed by atoms with E-state index in [0.717, 1.165) is 5.56 Å². The summed E-state index contributed by atoms with van der Waals surface area (Å²) in [6.45, 7) is 6.25. The normalized spacial score (nSPS) is 20.4. The lowest BCUT2D eigenvalue weighted by Gasteiger charge is -2.37. The van der Waals surface area contributed by atoms with Crippen molar-refractivity contribution < 1.29 is 24.2 Å². The van der Waals surface area contributed by atoms with Crippen LogP contribution in [0.4, 0.5) is 9.59 Å². The molecule has 0 aromatic heterocycles. The fraction of sp³-hybridized carbons (Fsp3) is 0.579. The van der Waals surface area contributed by atoms with Gasteiger partial charge in [-0.15, -0.1) is 0 Å². The number of carbonyl (C=O) groups excluding carboxylic acids is 2. The molecular formula is C19H28N2O5. The summed E-state index contributed by atoms with van der Waals surface area (Å²) >= 11 is 0. The molecule has 2 N–H and O–H groups in total. The van der Waals surface area contributed by atoms with Gasteiger partial charge < -0.3 is 24.8 Å².